The highest BCUT2D eigenvalue weighted by Gasteiger charge is 2.42. The molecule has 2 heterocycles. The Morgan fingerprint density at radius 2 is 2.02 bits per heavy atom. The van der Waals surface area contributed by atoms with Crippen molar-refractivity contribution in [3.8, 4) is 0 Å². The number of allylic oxidation sites excluding steroid dienone is 4. The van der Waals surface area contributed by atoms with Crippen molar-refractivity contribution in [2.75, 3.05) is 25.0 Å². The fourth-order valence-electron chi connectivity index (χ4n) is 5.63. The summed E-state index contributed by atoms with van der Waals surface area (Å²) in [7, 11) is 1.59. The van der Waals surface area contributed by atoms with E-state index in [4.69, 9.17) is 0 Å². The van der Waals surface area contributed by atoms with Gasteiger partial charge in [0.15, 0.2) is 0 Å². The number of aliphatic imine (C=N–C) groups is 2. The zero-order valence-corrected chi connectivity index (χ0v) is 23.9. The average molecular weight is 565 g/mol. The number of carbonyl (C=O) groups excluding carboxylic acids is 2. The standard InChI is InChI=1S/C31H38F2N6O2/c1-5-6-15-38(20(2)17-35-18-40)30(34-4)25-16-27(33)28(24-9-7-8-10-26(24)32)37-31(25)39(19-41)29-21(3)36-14-13-23(29)22-11-12-22/h5,9-10,13-14,16,18-20,22-23,29H,1,6-8,11-12,15,17H2,2-4H3,(H,35,40)/b34-30+. The molecule has 3 aliphatic rings. The van der Waals surface area contributed by atoms with Crippen molar-refractivity contribution in [2.24, 2.45) is 21.8 Å². The first-order chi connectivity index (χ1) is 19.9. The lowest BCUT2D eigenvalue weighted by Gasteiger charge is -2.37. The minimum atomic E-state index is -0.720. The van der Waals surface area contributed by atoms with Crippen LogP contribution in [0.4, 0.5) is 14.6 Å². The lowest BCUT2D eigenvalue weighted by molar-refractivity contribution is -0.110. The summed E-state index contributed by atoms with van der Waals surface area (Å²) in [6.45, 7) is 8.39. The Kier molecular flexibility index (Phi) is 9.96. The van der Waals surface area contributed by atoms with E-state index in [0.717, 1.165) is 18.6 Å². The first-order valence-electron chi connectivity index (χ1n) is 14.1. The Labute approximate surface area is 240 Å². The van der Waals surface area contributed by atoms with Crippen LogP contribution in [0.3, 0.4) is 0 Å². The van der Waals surface area contributed by atoms with Crippen molar-refractivity contribution < 1.29 is 18.4 Å². The fraction of sp³-hybridized carbons (Fsp3) is 0.452. The van der Waals surface area contributed by atoms with Gasteiger partial charge in [0.25, 0.3) is 0 Å². The van der Waals surface area contributed by atoms with Gasteiger partial charge < -0.3 is 10.2 Å². The molecule has 8 nitrogen and oxygen atoms in total. The molecule has 1 fully saturated rings. The van der Waals surface area contributed by atoms with Gasteiger partial charge in [0, 0.05) is 49.6 Å². The molecule has 1 N–H and O–H groups in total. The number of anilines is 1. The van der Waals surface area contributed by atoms with Crippen molar-refractivity contribution in [3.63, 3.8) is 0 Å². The number of nitrogens with zero attached hydrogens (tertiary/aromatic N) is 5. The van der Waals surface area contributed by atoms with Crippen LogP contribution in [0.15, 0.2) is 59.0 Å². The number of nitrogens with one attached hydrogen (secondary N) is 1. The molecular weight excluding hydrogens is 526 g/mol. The highest BCUT2D eigenvalue weighted by Crippen LogP contribution is 2.43. The van der Waals surface area contributed by atoms with E-state index in [2.05, 4.69) is 26.9 Å². The second-order valence-corrected chi connectivity index (χ2v) is 10.6. The third-order valence-corrected chi connectivity index (χ3v) is 7.84. The van der Waals surface area contributed by atoms with Gasteiger partial charge in [-0.05, 0) is 64.0 Å². The molecule has 1 aliphatic heterocycles. The minimum absolute atomic E-state index is 0.0148. The van der Waals surface area contributed by atoms with Crippen molar-refractivity contribution in [2.45, 2.75) is 58.0 Å². The Balaban J connectivity index is 1.91. The third-order valence-electron chi connectivity index (χ3n) is 7.84. The normalized spacial score (nSPS) is 21.3. The smallest absolute Gasteiger partial charge is 0.215 e. The van der Waals surface area contributed by atoms with Gasteiger partial charge >= 0.3 is 0 Å². The van der Waals surface area contributed by atoms with Gasteiger partial charge in [0.1, 0.15) is 29.0 Å². The quantitative estimate of drug-likeness (QED) is 0.158. The van der Waals surface area contributed by atoms with E-state index in [1.165, 1.54) is 17.0 Å². The summed E-state index contributed by atoms with van der Waals surface area (Å²) in [5.41, 5.74) is 0.944. The maximum absolute atomic E-state index is 15.9. The first kappa shape index (κ1) is 30.0. The maximum Gasteiger partial charge on any atom is 0.215 e. The Morgan fingerprint density at radius 1 is 1.27 bits per heavy atom. The van der Waals surface area contributed by atoms with Crippen LogP contribution < -0.4 is 10.2 Å². The maximum atomic E-state index is 15.9. The summed E-state index contributed by atoms with van der Waals surface area (Å²) in [6.07, 6.45) is 13.7. The van der Waals surface area contributed by atoms with E-state index in [9.17, 15) is 14.0 Å². The molecule has 0 saturated heterocycles. The van der Waals surface area contributed by atoms with Gasteiger partial charge in [-0.1, -0.05) is 18.2 Å². The molecule has 3 unspecified atom stereocenters. The molecule has 2 amide bonds. The van der Waals surface area contributed by atoms with E-state index in [1.54, 1.807) is 25.4 Å². The largest absolute Gasteiger partial charge is 0.357 e. The van der Waals surface area contributed by atoms with E-state index in [0.29, 0.717) is 62.5 Å². The molecule has 1 aromatic rings. The Hall–Kier alpha value is -3.95. The number of rotatable bonds is 13. The summed E-state index contributed by atoms with van der Waals surface area (Å²) in [5, 5.41) is 2.70. The van der Waals surface area contributed by atoms with Crippen molar-refractivity contribution in [3.05, 3.63) is 66.1 Å². The van der Waals surface area contributed by atoms with Gasteiger partial charge in [-0.15, -0.1) is 6.58 Å². The van der Waals surface area contributed by atoms with E-state index in [-0.39, 0.29) is 29.0 Å². The Morgan fingerprint density at radius 3 is 2.66 bits per heavy atom. The lowest BCUT2D eigenvalue weighted by atomic mass is 9.88. The summed E-state index contributed by atoms with van der Waals surface area (Å²) < 4.78 is 30.9. The van der Waals surface area contributed by atoms with E-state index >= 15 is 4.39 Å². The van der Waals surface area contributed by atoms with Crippen LogP contribution in [0, 0.1) is 17.7 Å². The van der Waals surface area contributed by atoms with Crippen molar-refractivity contribution in [1.29, 1.82) is 0 Å². The third kappa shape index (κ3) is 6.52. The van der Waals surface area contributed by atoms with Crippen LogP contribution in [0.1, 0.15) is 57.2 Å². The number of hydrogen-bond acceptors (Lipinski definition) is 5. The molecular formula is C31H38F2N6O2. The second-order valence-electron chi connectivity index (χ2n) is 10.6. The molecule has 3 atom stereocenters. The van der Waals surface area contributed by atoms with Crippen molar-refractivity contribution in [1.82, 2.24) is 15.2 Å². The average Bonchev–Trinajstić information content (AvgIpc) is 3.82. The van der Waals surface area contributed by atoms with Gasteiger partial charge in [0.2, 0.25) is 12.8 Å². The zero-order valence-electron chi connectivity index (χ0n) is 23.9. The van der Waals surface area contributed by atoms with Crippen LogP contribution in [-0.2, 0) is 9.59 Å². The summed E-state index contributed by atoms with van der Waals surface area (Å²) >= 11 is 0. The van der Waals surface area contributed by atoms with Crippen LogP contribution in [0.25, 0.3) is 5.57 Å². The number of hydrogen-bond donors (Lipinski definition) is 1. The SMILES string of the molecule is C=CCCN(/C(=N/C)c1cc(F)c(C2=CCCC=C2F)nc1N(C=O)C1C(C)=NC=CC1C1CC1)C(C)CNC=O. The summed E-state index contributed by atoms with van der Waals surface area (Å²) in [5.74, 6) is -0.283. The topological polar surface area (TPSA) is 90.3 Å². The summed E-state index contributed by atoms with van der Waals surface area (Å²) in [4.78, 5) is 41.2. The number of halogens is 2. The molecule has 41 heavy (non-hydrogen) atoms. The van der Waals surface area contributed by atoms with Crippen LogP contribution >= 0.6 is 0 Å². The molecule has 10 heteroatoms. The zero-order chi connectivity index (χ0) is 29.5. The summed E-state index contributed by atoms with van der Waals surface area (Å²) in [6, 6.07) is 0.613. The second kappa shape index (κ2) is 13.6. The molecule has 0 aromatic carbocycles. The van der Waals surface area contributed by atoms with Crippen molar-refractivity contribution >= 4 is 35.8 Å². The highest BCUT2D eigenvalue weighted by atomic mass is 19.1. The molecule has 0 radical (unpaired) electrons. The number of pyridine rings is 1. The fourth-order valence-corrected chi connectivity index (χ4v) is 5.63. The van der Waals surface area contributed by atoms with E-state index in [1.807, 2.05) is 24.8 Å². The molecule has 0 spiro atoms. The number of amidine groups is 1. The first-order valence-corrected chi connectivity index (χ1v) is 14.1. The molecule has 1 aromatic heterocycles. The number of carbonyl (C=O) groups is 2. The van der Waals surface area contributed by atoms with E-state index < -0.39 is 17.7 Å². The molecule has 2 aliphatic carbocycles. The van der Waals surface area contributed by atoms with Gasteiger partial charge in [-0.2, -0.15) is 0 Å². The number of amides is 2. The molecule has 218 valence electrons. The lowest BCUT2D eigenvalue weighted by Crippen LogP contribution is -2.49. The van der Waals surface area contributed by atoms with Crippen LogP contribution in [0.5, 0.6) is 0 Å². The van der Waals surface area contributed by atoms with Gasteiger partial charge in [-0.25, -0.2) is 13.8 Å². The highest BCUT2D eigenvalue weighted by molar-refractivity contribution is 6.07. The predicted molar refractivity (Wildman–Crippen MR) is 159 cm³/mol. The predicted octanol–water partition coefficient (Wildman–Crippen LogP) is 4.99. The molecule has 1 saturated carbocycles. The van der Waals surface area contributed by atoms with Gasteiger partial charge in [0.05, 0.1) is 11.6 Å². The van der Waals surface area contributed by atoms with Gasteiger partial charge in [-0.3, -0.25) is 24.5 Å². The monoisotopic (exact) mass is 564 g/mol. The minimum Gasteiger partial charge on any atom is -0.357 e. The number of aromatic nitrogens is 1. The Bertz CT molecular complexity index is 1310. The van der Waals surface area contributed by atoms with Crippen LogP contribution in [0.2, 0.25) is 0 Å². The molecule has 4 rings (SSSR count). The van der Waals surface area contributed by atoms with Crippen LogP contribution in [-0.4, -0.2) is 66.5 Å². The molecule has 0 bridgehead atoms.